The van der Waals surface area contributed by atoms with Crippen molar-refractivity contribution in [3.05, 3.63) is 29.8 Å². The van der Waals surface area contributed by atoms with E-state index in [1.807, 2.05) is 0 Å². The molecule has 1 fully saturated rings. The van der Waals surface area contributed by atoms with Crippen molar-refractivity contribution in [3.63, 3.8) is 0 Å². The molecule has 1 unspecified atom stereocenters. The first-order chi connectivity index (χ1) is 7.98. The SMILES string of the molecule is CC(O)c1ccccc1NS(=O)(=O)NC1CC1. The fraction of sp³-hybridized carbons (Fsp3) is 0.455. The van der Waals surface area contributed by atoms with E-state index in [4.69, 9.17) is 0 Å². The normalized spacial score (nSPS) is 17.8. The van der Waals surface area contributed by atoms with Gasteiger partial charge in [-0.3, -0.25) is 4.72 Å². The molecule has 0 bridgehead atoms. The average Bonchev–Trinajstić information content (AvgIpc) is 3.00. The quantitative estimate of drug-likeness (QED) is 0.739. The summed E-state index contributed by atoms with van der Waals surface area (Å²) in [6.07, 6.45) is 1.06. The summed E-state index contributed by atoms with van der Waals surface area (Å²) in [7, 11) is -3.54. The molecule has 0 aromatic heterocycles. The third-order valence-corrected chi connectivity index (χ3v) is 3.69. The number of anilines is 1. The highest BCUT2D eigenvalue weighted by atomic mass is 32.2. The first kappa shape index (κ1) is 12.3. The summed E-state index contributed by atoms with van der Waals surface area (Å²) >= 11 is 0. The van der Waals surface area contributed by atoms with Gasteiger partial charge in [-0.15, -0.1) is 0 Å². The highest BCUT2D eigenvalue weighted by molar-refractivity contribution is 7.90. The molecule has 0 spiro atoms. The van der Waals surface area contributed by atoms with Gasteiger partial charge in [-0.1, -0.05) is 18.2 Å². The molecule has 0 heterocycles. The molecule has 1 aromatic rings. The van der Waals surface area contributed by atoms with Gasteiger partial charge in [0.2, 0.25) is 0 Å². The van der Waals surface area contributed by atoms with Gasteiger partial charge in [0.1, 0.15) is 0 Å². The number of hydrogen-bond donors (Lipinski definition) is 3. The van der Waals surface area contributed by atoms with Crippen LogP contribution in [0.3, 0.4) is 0 Å². The number of nitrogens with one attached hydrogen (secondary N) is 2. The van der Waals surface area contributed by atoms with E-state index < -0.39 is 16.3 Å². The number of para-hydroxylation sites is 1. The van der Waals surface area contributed by atoms with Gasteiger partial charge in [0.15, 0.2) is 0 Å². The van der Waals surface area contributed by atoms with Crippen LogP contribution in [-0.4, -0.2) is 19.6 Å². The number of rotatable bonds is 5. The molecule has 3 N–H and O–H groups in total. The van der Waals surface area contributed by atoms with Gasteiger partial charge < -0.3 is 5.11 Å². The third kappa shape index (κ3) is 3.42. The van der Waals surface area contributed by atoms with E-state index in [1.54, 1.807) is 31.2 Å². The third-order valence-electron chi connectivity index (χ3n) is 2.55. The molecule has 0 aliphatic heterocycles. The Balaban J connectivity index is 2.17. The second-order valence-electron chi connectivity index (χ2n) is 4.26. The lowest BCUT2D eigenvalue weighted by Crippen LogP contribution is -2.32. The lowest BCUT2D eigenvalue weighted by molar-refractivity contribution is 0.200. The standard InChI is InChI=1S/C11H16N2O3S/c1-8(14)10-4-2-3-5-11(10)13-17(15,16)12-9-6-7-9/h2-5,8-9,12-14H,6-7H2,1H3. The van der Waals surface area contributed by atoms with Crippen molar-refractivity contribution >= 4 is 15.9 Å². The Morgan fingerprint density at radius 2 is 2.00 bits per heavy atom. The second-order valence-corrected chi connectivity index (χ2v) is 5.71. The number of aliphatic hydroxyl groups is 1. The Morgan fingerprint density at radius 3 is 2.59 bits per heavy atom. The number of hydrogen-bond acceptors (Lipinski definition) is 3. The van der Waals surface area contributed by atoms with Crippen molar-refractivity contribution in [3.8, 4) is 0 Å². The molecule has 0 amide bonds. The van der Waals surface area contributed by atoms with Gasteiger partial charge in [-0.05, 0) is 25.8 Å². The summed E-state index contributed by atoms with van der Waals surface area (Å²) < 4.78 is 28.4. The first-order valence-electron chi connectivity index (χ1n) is 5.55. The van der Waals surface area contributed by atoms with Gasteiger partial charge >= 0.3 is 0 Å². The van der Waals surface area contributed by atoms with Crippen LogP contribution < -0.4 is 9.44 Å². The zero-order valence-corrected chi connectivity index (χ0v) is 10.4. The predicted molar refractivity (Wildman–Crippen MR) is 65.8 cm³/mol. The monoisotopic (exact) mass is 256 g/mol. The van der Waals surface area contributed by atoms with Gasteiger partial charge in [0.05, 0.1) is 11.8 Å². The molecule has 0 saturated heterocycles. The van der Waals surface area contributed by atoms with Crippen LogP contribution in [0.25, 0.3) is 0 Å². The van der Waals surface area contributed by atoms with E-state index >= 15 is 0 Å². The molecule has 0 radical (unpaired) electrons. The molecule has 1 atom stereocenters. The Morgan fingerprint density at radius 1 is 1.35 bits per heavy atom. The topological polar surface area (TPSA) is 78.4 Å². The molecule has 5 nitrogen and oxygen atoms in total. The maximum atomic E-state index is 11.7. The van der Waals surface area contributed by atoms with Crippen molar-refractivity contribution in [2.75, 3.05) is 4.72 Å². The van der Waals surface area contributed by atoms with Crippen molar-refractivity contribution in [2.24, 2.45) is 0 Å². The Hall–Kier alpha value is -1.11. The van der Waals surface area contributed by atoms with Crippen LogP contribution in [0.15, 0.2) is 24.3 Å². The lowest BCUT2D eigenvalue weighted by atomic mass is 10.1. The van der Waals surface area contributed by atoms with Crippen molar-refractivity contribution in [1.29, 1.82) is 0 Å². The van der Waals surface area contributed by atoms with Crippen molar-refractivity contribution < 1.29 is 13.5 Å². The van der Waals surface area contributed by atoms with Crippen LogP contribution in [0.4, 0.5) is 5.69 Å². The van der Waals surface area contributed by atoms with Crippen LogP contribution in [0, 0.1) is 0 Å². The molecular formula is C11H16N2O3S. The Bertz CT molecular complexity index is 495. The van der Waals surface area contributed by atoms with Crippen LogP contribution in [-0.2, 0) is 10.2 Å². The molecule has 1 aromatic carbocycles. The summed E-state index contributed by atoms with van der Waals surface area (Å²) in [6.45, 7) is 1.60. The fourth-order valence-electron chi connectivity index (χ4n) is 1.55. The highest BCUT2D eigenvalue weighted by Gasteiger charge is 2.27. The molecular weight excluding hydrogens is 240 g/mol. The van der Waals surface area contributed by atoms with Crippen LogP contribution in [0.2, 0.25) is 0 Å². The van der Waals surface area contributed by atoms with Crippen LogP contribution in [0.5, 0.6) is 0 Å². The summed E-state index contributed by atoms with van der Waals surface area (Å²) in [5, 5.41) is 9.54. The molecule has 1 aliphatic carbocycles. The summed E-state index contributed by atoms with van der Waals surface area (Å²) in [5.41, 5.74) is 0.976. The lowest BCUT2D eigenvalue weighted by Gasteiger charge is -2.14. The Kier molecular flexibility index (Phi) is 3.37. The highest BCUT2D eigenvalue weighted by Crippen LogP contribution is 2.24. The maximum absolute atomic E-state index is 11.7. The van der Waals surface area contributed by atoms with Crippen LogP contribution >= 0.6 is 0 Å². The second kappa shape index (κ2) is 4.64. The van der Waals surface area contributed by atoms with Crippen LogP contribution in [0.1, 0.15) is 31.4 Å². The molecule has 94 valence electrons. The van der Waals surface area contributed by atoms with E-state index in [-0.39, 0.29) is 6.04 Å². The van der Waals surface area contributed by atoms with E-state index in [9.17, 15) is 13.5 Å². The molecule has 17 heavy (non-hydrogen) atoms. The molecule has 1 aliphatic rings. The van der Waals surface area contributed by atoms with Crippen molar-refractivity contribution in [2.45, 2.75) is 31.9 Å². The van der Waals surface area contributed by atoms with Crippen molar-refractivity contribution in [1.82, 2.24) is 4.72 Å². The predicted octanol–water partition coefficient (Wildman–Crippen LogP) is 1.15. The molecule has 2 rings (SSSR count). The van der Waals surface area contributed by atoms with Gasteiger partial charge in [-0.2, -0.15) is 13.1 Å². The zero-order chi connectivity index (χ0) is 12.5. The number of benzene rings is 1. The van der Waals surface area contributed by atoms with E-state index in [1.165, 1.54) is 0 Å². The minimum atomic E-state index is -3.54. The average molecular weight is 256 g/mol. The fourth-order valence-corrected chi connectivity index (χ4v) is 2.76. The summed E-state index contributed by atoms with van der Waals surface area (Å²) in [6, 6.07) is 6.87. The Labute approximate surface area is 101 Å². The molecule has 6 heteroatoms. The minimum absolute atomic E-state index is 0.0613. The van der Waals surface area contributed by atoms with E-state index in [0.29, 0.717) is 11.3 Å². The number of aliphatic hydroxyl groups excluding tert-OH is 1. The van der Waals surface area contributed by atoms with Gasteiger partial charge in [0.25, 0.3) is 10.2 Å². The van der Waals surface area contributed by atoms with Gasteiger partial charge in [-0.25, -0.2) is 0 Å². The van der Waals surface area contributed by atoms with Gasteiger partial charge in [0, 0.05) is 11.6 Å². The van der Waals surface area contributed by atoms with E-state index in [0.717, 1.165) is 12.8 Å². The summed E-state index contributed by atoms with van der Waals surface area (Å²) in [5.74, 6) is 0. The maximum Gasteiger partial charge on any atom is 0.299 e. The smallest absolute Gasteiger partial charge is 0.299 e. The summed E-state index contributed by atoms with van der Waals surface area (Å²) in [4.78, 5) is 0. The first-order valence-corrected chi connectivity index (χ1v) is 7.03. The minimum Gasteiger partial charge on any atom is -0.389 e. The zero-order valence-electron chi connectivity index (χ0n) is 9.55. The largest absolute Gasteiger partial charge is 0.389 e. The van der Waals surface area contributed by atoms with E-state index in [2.05, 4.69) is 9.44 Å². The molecule has 1 saturated carbocycles.